The highest BCUT2D eigenvalue weighted by atomic mass is 16.4. The predicted molar refractivity (Wildman–Crippen MR) is 118 cm³/mol. The van der Waals surface area contributed by atoms with Gasteiger partial charge in [0.1, 0.15) is 11.1 Å². The maximum atomic E-state index is 12.3. The molecular weight excluding hydrogens is 380 g/mol. The second-order valence-corrected chi connectivity index (χ2v) is 8.28. The van der Waals surface area contributed by atoms with Crippen LogP contribution in [-0.4, -0.2) is 18.7 Å². The van der Waals surface area contributed by atoms with E-state index in [1.807, 2.05) is 24.3 Å². The Kier molecular flexibility index (Phi) is 4.20. The third-order valence-electron chi connectivity index (χ3n) is 5.92. The van der Waals surface area contributed by atoms with E-state index in [1.54, 1.807) is 6.92 Å². The van der Waals surface area contributed by atoms with Crippen LogP contribution in [0, 0.1) is 19.8 Å². The van der Waals surface area contributed by atoms with E-state index in [0.717, 1.165) is 23.6 Å². The Hall–Kier alpha value is -3.48. The number of hydrogen-bond acceptors (Lipinski definition) is 6. The standard InChI is InChI=1S/C23H24N4O3/c1-12-4-3-5-15(8-12)25-23-26-17-9-16-13(2)20(21(24)28)22(29)30-19(16)10-18(17)27(23)11-14-6-7-14/h3-5,8-10,14,23,25-26H,6-7,11H2,1-2H3,(H2,24,28). The number of fused-ring (bicyclic) bond motifs is 2. The van der Waals surface area contributed by atoms with Gasteiger partial charge in [-0.2, -0.15) is 0 Å². The van der Waals surface area contributed by atoms with Crippen LogP contribution < -0.4 is 26.9 Å². The molecule has 154 valence electrons. The van der Waals surface area contributed by atoms with Gasteiger partial charge < -0.3 is 25.7 Å². The van der Waals surface area contributed by atoms with Gasteiger partial charge in [-0.25, -0.2) is 4.79 Å². The Bertz CT molecular complexity index is 1230. The fourth-order valence-corrected chi connectivity index (χ4v) is 4.18. The first kappa shape index (κ1) is 18.5. The van der Waals surface area contributed by atoms with Gasteiger partial charge in [-0.1, -0.05) is 12.1 Å². The van der Waals surface area contributed by atoms with Crippen molar-refractivity contribution in [2.45, 2.75) is 33.0 Å². The smallest absolute Gasteiger partial charge is 0.349 e. The van der Waals surface area contributed by atoms with Crippen LogP contribution in [0.25, 0.3) is 11.0 Å². The van der Waals surface area contributed by atoms with Crippen molar-refractivity contribution in [3.63, 3.8) is 0 Å². The van der Waals surface area contributed by atoms with Crippen molar-refractivity contribution in [2.75, 3.05) is 22.1 Å². The molecule has 2 aliphatic rings. The molecule has 0 bridgehead atoms. The number of nitrogens with two attached hydrogens (primary N) is 1. The number of amides is 1. The van der Waals surface area contributed by atoms with Gasteiger partial charge in [-0.15, -0.1) is 0 Å². The van der Waals surface area contributed by atoms with E-state index in [2.05, 4.69) is 34.6 Å². The summed E-state index contributed by atoms with van der Waals surface area (Å²) in [7, 11) is 0. The highest BCUT2D eigenvalue weighted by molar-refractivity contribution is 6.00. The predicted octanol–water partition coefficient (Wildman–Crippen LogP) is 3.55. The Balaban J connectivity index is 1.58. The van der Waals surface area contributed by atoms with Crippen LogP contribution in [0.2, 0.25) is 0 Å². The number of primary amides is 1. The summed E-state index contributed by atoms with van der Waals surface area (Å²) in [6.07, 6.45) is 2.33. The van der Waals surface area contributed by atoms with Crippen molar-refractivity contribution in [1.29, 1.82) is 0 Å². The summed E-state index contributed by atoms with van der Waals surface area (Å²) in [6.45, 7) is 4.71. The maximum absolute atomic E-state index is 12.3. The van der Waals surface area contributed by atoms with Gasteiger partial charge in [-0.05, 0) is 61.9 Å². The first-order valence-corrected chi connectivity index (χ1v) is 10.2. The molecule has 2 heterocycles. The van der Waals surface area contributed by atoms with Crippen LogP contribution in [0.1, 0.15) is 34.3 Å². The molecular formula is C23H24N4O3. The van der Waals surface area contributed by atoms with E-state index < -0.39 is 11.5 Å². The summed E-state index contributed by atoms with van der Waals surface area (Å²) in [5.74, 6) is -0.104. The van der Waals surface area contributed by atoms with Crippen molar-refractivity contribution < 1.29 is 9.21 Å². The van der Waals surface area contributed by atoms with E-state index in [0.29, 0.717) is 22.5 Å². The number of nitrogens with one attached hydrogen (secondary N) is 2. The lowest BCUT2D eigenvalue weighted by atomic mass is 10.0. The SMILES string of the molecule is Cc1cccc(NC2Nc3cc4c(C)c(C(N)=O)c(=O)oc4cc3N2CC2CC2)c1. The molecule has 1 fully saturated rings. The minimum atomic E-state index is -0.772. The van der Waals surface area contributed by atoms with Crippen LogP contribution in [0.4, 0.5) is 17.1 Å². The maximum Gasteiger partial charge on any atom is 0.349 e. The summed E-state index contributed by atoms with van der Waals surface area (Å²) in [5, 5.41) is 7.82. The fraction of sp³-hybridized carbons (Fsp3) is 0.304. The third-order valence-corrected chi connectivity index (χ3v) is 5.92. The number of carbonyl (C=O) groups is 1. The average Bonchev–Trinajstić information content (AvgIpc) is 3.44. The van der Waals surface area contributed by atoms with E-state index in [1.165, 1.54) is 18.4 Å². The van der Waals surface area contributed by atoms with Gasteiger partial charge in [0.15, 0.2) is 6.29 Å². The minimum absolute atomic E-state index is 0.0929. The Morgan fingerprint density at radius 3 is 2.77 bits per heavy atom. The second-order valence-electron chi connectivity index (χ2n) is 8.28. The quantitative estimate of drug-likeness (QED) is 0.563. The number of anilines is 3. The summed E-state index contributed by atoms with van der Waals surface area (Å²) in [4.78, 5) is 26.3. The zero-order valence-electron chi connectivity index (χ0n) is 17.0. The minimum Gasteiger partial charge on any atom is -0.422 e. The molecule has 0 spiro atoms. The molecule has 5 rings (SSSR count). The molecule has 30 heavy (non-hydrogen) atoms. The first-order valence-electron chi connectivity index (χ1n) is 10.2. The van der Waals surface area contributed by atoms with Gasteiger partial charge in [-0.3, -0.25) is 4.79 Å². The normalized spacial score (nSPS) is 17.7. The van der Waals surface area contributed by atoms with E-state index in [-0.39, 0.29) is 11.9 Å². The van der Waals surface area contributed by atoms with Gasteiger partial charge >= 0.3 is 5.63 Å². The van der Waals surface area contributed by atoms with Crippen molar-refractivity contribution in [1.82, 2.24) is 0 Å². The van der Waals surface area contributed by atoms with Crippen molar-refractivity contribution >= 4 is 33.9 Å². The molecule has 7 nitrogen and oxygen atoms in total. The van der Waals surface area contributed by atoms with Crippen LogP contribution in [0.15, 0.2) is 45.6 Å². The zero-order valence-corrected chi connectivity index (χ0v) is 17.0. The molecule has 2 aromatic carbocycles. The van der Waals surface area contributed by atoms with E-state index >= 15 is 0 Å². The number of hydrogen-bond donors (Lipinski definition) is 3. The fourth-order valence-electron chi connectivity index (χ4n) is 4.18. The van der Waals surface area contributed by atoms with Crippen LogP contribution in [0.5, 0.6) is 0 Å². The lowest BCUT2D eigenvalue weighted by molar-refractivity contribution is 0.0996. The van der Waals surface area contributed by atoms with Crippen LogP contribution in [0.3, 0.4) is 0 Å². The molecule has 1 aliphatic heterocycles. The number of nitrogens with zero attached hydrogens (tertiary/aromatic N) is 1. The molecule has 1 amide bonds. The number of rotatable bonds is 5. The second kappa shape index (κ2) is 6.79. The van der Waals surface area contributed by atoms with Crippen molar-refractivity contribution in [2.24, 2.45) is 11.7 Å². The molecule has 0 saturated heterocycles. The molecule has 7 heteroatoms. The molecule has 1 unspecified atom stereocenters. The number of benzene rings is 2. The van der Waals surface area contributed by atoms with Crippen LogP contribution in [-0.2, 0) is 0 Å². The molecule has 4 N–H and O–H groups in total. The summed E-state index contributed by atoms with van der Waals surface area (Å²) in [5.41, 5.74) is 9.74. The summed E-state index contributed by atoms with van der Waals surface area (Å²) in [6, 6.07) is 12.1. The zero-order chi connectivity index (χ0) is 21.0. The highest BCUT2D eigenvalue weighted by Crippen LogP contribution is 2.42. The monoisotopic (exact) mass is 404 g/mol. The Morgan fingerprint density at radius 2 is 2.07 bits per heavy atom. The topological polar surface area (TPSA) is 101 Å². The summed E-state index contributed by atoms with van der Waals surface area (Å²) < 4.78 is 5.47. The Labute approximate surface area is 173 Å². The number of carbonyl (C=O) groups excluding carboxylic acids is 1. The number of aryl methyl sites for hydroxylation is 2. The molecule has 3 aromatic rings. The Morgan fingerprint density at radius 1 is 1.27 bits per heavy atom. The summed E-state index contributed by atoms with van der Waals surface area (Å²) >= 11 is 0. The molecule has 1 atom stereocenters. The molecule has 0 radical (unpaired) electrons. The molecule has 1 aromatic heterocycles. The lowest BCUT2D eigenvalue weighted by Crippen LogP contribution is -2.43. The third kappa shape index (κ3) is 3.16. The van der Waals surface area contributed by atoms with E-state index in [4.69, 9.17) is 10.2 Å². The largest absolute Gasteiger partial charge is 0.422 e. The molecule has 1 aliphatic carbocycles. The van der Waals surface area contributed by atoms with Gasteiger partial charge in [0.05, 0.1) is 11.4 Å². The van der Waals surface area contributed by atoms with E-state index in [9.17, 15) is 9.59 Å². The van der Waals surface area contributed by atoms with Gasteiger partial charge in [0, 0.05) is 23.7 Å². The molecule has 1 saturated carbocycles. The van der Waals surface area contributed by atoms with Gasteiger partial charge in [0.2, 0.25) is 0 Å². The van der Waals surface area contributed by atoms with Crippen LogP contribution >= 0.6 is 0 Å². The van der Waals surface area contributed by atoms with Crippen molar-refractivity contribution in [3.8, 4) is 0 Å². The lowest BCUT2D eigenvalue weighted by Gasteiger charge is -2.28. The van der Waals surface area contributed by atoms with Gasteiger partial charge in [0.25, 0.3) is 5.91 Å². The van der Waals surface area contributed by atoms with Crippen molar-refractivity contribution in [3.05, 3.63) is 63.5 Å². The highest BCUT2D eigenvalue weighted by Gasteiger charge is 2.34. The first-order chi connectivity index (χ1) is 14.4. The average molecular weight is 404 g/mol.